The molecule has 20 heavy (non-hydrogen) atoms. The predicted octanol–water partition coefficient (Wildman–Crippen LogP) is 4.77. The van der Waals surface area contributed by atoms with Gasteiger partial charge in [-0.3, -0.25) is 4.90 Å². The quantitative estimate of drug-likeness (QED) is 0.824. The van der Waals surface area contributed by atoms with Crippen molar-refractivity contribution in [1.29, 1.82) is 0 Å². The summed E-state index contributed by atoms with van der Waals surface area (Å²) in [5.41, 5.74) is 8.96. The van der Waals surface area contributed by atoms with E-state index in [4.69, 9.17) is 28.9 Å². The first-order chi connectivity index (χ1) is 9.47. The number of benzene rings is 2. The summed E-state index contributed by atoms with van der Waals surface area (Å²) in [6, 6.07) is 14.0. The Bertz CT molecular complexity index is 599. The van der Waals surface area contributed by atoms with Crippen LogP contribution in [0.2, 0.25) is 10.0 Å². The summed E-state index contributed by atoms with van der Waals surface area (Å²) in [7, 11) is 2.08. The molecule has 106 valence electrons. The average molecular weight is 309 g/mol. The van der Waals surface area contributed by atoms with Crippen LogP contribution in [-0.2, 0) is 6.54 Å². The molecule has 1 unspecified atom stereocenters. The number of nitrogen functional groups attached to an aromatic ring is 1. The van der Waals surface area contributed by atoms with Gasteiger partial charge in [-0.1, -0.05) is 41.4 Å². The van der Waals surface area contributed by atoms with Gasteiger partial charge >= 0.3 is 0 Å². The molecule has 0 aliphatic rings. The fourth-order valence-corrected chi connectivity index (χ4v) is 2.46. The maximum atomic E-state index is 6.05. The fourth-order valence-electron chi connectivity index (χ4n) is 2.14. The number of hydrogen-bond donors (Lipinski definition) is 1. The van der Waals surface area contributed by atoms with Gasteiger partial charge in [0.25, 0.3) is 0 Å². The van der Waals surface area contributed by atoms with Crippen LogP contribution in [0.25, 0.3) is 0 Å². The number of hydrogen-bond acceptors (Lipinski definition) is 2. The lowest BCUT2D eigenvalue weighted by molar-refractivity contribution is 0.253. The zero-order chi connectivity index (χ0) is 14.7. The van der Waals surface area contributed by atoms with Gasteiger partial charge < -0.3 is 5.73 Å². The number of rotatable bonds is 4. The van der Waals surface area contributed by atoms with Crippen molar-refractivity contribution >= 4 is 28.9 Å². The SMILES string of the molecule is CC(c1cccc(N)c1)N(C)Cc1ccc(Cl)c(Cl)c1. The summed E-state index contributed by atoms with van der Waals surface area (Å²) in [4.78, 5) is 2.24. The van der Waals surface area contributed by atoms with Crippen LogP contribution in [0.15, 0.2) is 42.5 Å². The molecule has 2 N–H and O–H groups in total. The molecule has 1 atom stereocenters. The van der Waals surface area contributed by atoms with Gasteiger partial charge in [-0.25, -0.2) is 0 Å². The van der Waals surface area contributed by atoms with E-state index in [1.807, 2.05) is 36.4 Å². The zero-order valence-electron chi connectivity index (χ0n) is 11.6. The Hall–Kier alpha value is -1.22. The summed E-state index contributed by atoms with van der Waals surface area (Å²) < 4.78 is 0. The number of halogens is 2. The second-order valence-corrected chi connectivity index (χ2v) is 5.82. The molecule has 0 saturated heterocycles. The van der Waals surface area contributed by atoms with E-state index < -0.39 is 0 Å². The Morgan fingerprint density at radius 1 is 1.10 bits per heavy atom. The van der Waals surface area contributed by atoms with Crippen molar-refractivity contribution < 1.29 is 0 Å². The Morgan fingerprint density at radius 3 is 2.50 bits per heavy atom. The van der Waals surface area contributed by atoms with Gasteiger partial charge in [0.1, 0.15) is 0 Å². The lowest BCUT2D eigenvalue weighted by Gasteiger charge is -2.25. The summed E-state index contributed by atoms with van der Waals surface area (Å²) in [5.74, 6) is 0. The fraction of sp³-hybridized carbons (Fsp3) is 0.250. The first-order valence-corrected chi connectivity index (χ1v) is 7.22. The van der Waals surface area contributed by atoms with Gasteiger partial charge in [-0.2, -0.15) is 0 Å². The first kappa shape index (κ1) is 15.2. The van der Waals surface area contributed by atoms with E-state index >= 15 is 0 Å². The van der Waals surface area contributed by atoms with Crippen LogP contribution in [0.5, 0.6) is 0 Å². The van der Waals surface area contributed by atoms with Gasteiger partial charge in [0, 0.05) is 18.3 Å². The van der Waals surface area contributed by atoms with E-state index in [1.165, 1.54) is 5.56 Å². The Balaban J connectivity index is 2.11. The van der Waals surface area contributed by atoms with E-state index in [0.29, 0.717) is 10.0 Å². The number of nitrogens with two attached hydrogens (primary N) is 1. The van der Waals surface area contributed by atoms with Crippen LogP contribution in [0, 0.1) is 0 Å². The minimum atomic E-state index is 0.271. The molecule has 0 fully saturated rings. The standard InChI is InChI=1S/C16H18Cl2N2/c1-11(13-4-3-5-14(19)9-13)20(2)10-12-6-7-15(17)16(18)8-12/h3-9,11H,10,19H2,1-2H3. The highest BCUT2D eigenvalue weighted by molar-refractivity contribution is 6.42. The Kier molecular flexibility index (Phi) is 4.92. The Labute approximate surface area is 130 Å². The van der Waals surface area contributed by atoms with Crippen molar-refractivity contribution in [1.82, 2.24) is 4.90 Å². The molecular weight excluding hydrogens is 291 g/mol. The maximum Gasteiger partial charge on any atom is 0.0595 e. The molecule has 2 nitrogen and oxygen atoms in total. The molecule has 0 amide bonds. The normalized spacial score (nSPS) is 12.7. The first-order valence-electron chi connectivity index (χ1n) is 6.47. The lowest BCUT2D eigenvalue weighted by atomic mass is 10.1. The van der Waals surface area contributed by atoms with Crippen molar-refractivity contribution in [3.8, 4) is 0 Å². The maximum absolute atomic E-state index is 6.05. The Morgan fingerprint density at radius 2 is 1.85 bits per heavy atom. The van der Waals surface area contributed by atoms with Gasteiger partial charge in [-0.15, -0.1) is 0 Å². The van der Waals surface area contributed by atoms with E-state index in [-0.39, 0.29) is 6.04 Å². The zero-order valence-corrected chi connectivity index (χ0v) is 13.1. The minimum absolute atomic E-state index is 0.271. The van der Waals surface area contributed by atoms with Crippen LogP contribution in [0.1, 0.15) is 24.1 Å². The molecule has 4 heteroatoms. The summed E-state index contributed by atoms with van der Waals surface area (Å²) in [6.07, 6.45) is 0. The van der Waals surface area contributed by atoms with Crippen molar-refractivity contribution in [2.24, 2.45) is 0 Å². The third-order valence-corrected chi connectivity index (χ3v) is 4.21. The van der Waals surface area contributed by atoms with Crippen molar-refractivity contribution in [2.45, 2.75) is 19.5 Å². The molecule has 0 saturated carbocycles. The second-order valence-electron chi connectivity index (χ2n) is 5.01. The molecule has 2 aromatic rings. The van der Waals surface area contributed by atoms with E-state index in [1.54, 1.807) is 0 Å². The van der Waals surface area contributed by atoms with Gasteiger partial charge in [-0.05, 0) is 49.4 Å². The van der Waals surface area contributed by atoms with Gasteiger partial charge in [0.05, 0.1) is 10.0 Å². The van der Waals surface area contributed by atoms with Crippen LogP contribution < -0.4 is 5.73 Å². The molecule has 0 bridgehead atoms. The molecule has 2 aromatic carbocycles. The number of anilines is 1. The third kappa shape index (κ3) is 3.66. The highest BCUT2D eigenvalue weighted by atomic mass is 35.5. The summed E-state index contributed by atoms with van der Waals surface area (Å²) in [5, 5.41) is 1.18. The predicted molar refractivity (Wildman–Crippen MR) is 87.2 cm³/mol. The lowest BCUT2D eigenvalue weighted by Crippen LogP contribution is -2.22. The van der Waals surface area contributed by atoms with Crippen LogP contribution in [0.3, 0.4) is 0 Å². The van der Waals surface area contributed by atoms with Crippen molar-refractivity contribution in [3.63, 3.8) is 0 Å². The molecule has 0 aromatic heterocycles. The van der Waals surface area contributed by atoms with Crippen LogP contribution in [0.4, 0.5) is 5.69 Å². The topological polar surface area (TPSA) is 29.3 Å². The smallest absolute Gasteiger partial charge is 0.0595 e. The van der Waals surface area contributed by atoms with Gasteiger partial charge in [0.15, 0.2) is 0 Å². The van der Waals surface area contributed by atoms with Crippen LogP contribution >= 0.6 is 23.2 Å². The highest BCUT2D eigenvalue weighted by Gasteiger charge is 2.12. The van der Waals surface area contributed by atoms with Crippen molar-refractivity contribution in [3.05, 3.63) is 63.6 Å². The van der Waals surface area contributed by atoms with E-state index in [0.717, 1.165) is 17.8 Å². The van der Waals surface area contributed by atoms with Gasteiger partial charge in [0.2, 0.25) is 0 Å². The monoisotopic (exact) mass is 308 g/mol. The highest BCUT2D eigenvalue weighted by Crippen LogP contribution is 2.26. The molecule has 0 aliphatic heterocycles. The average Bonchev–Trinajstić information content (AvgIpc) is 2.42. The molecule has 0 aliphatic carbocycles. The van der Waals surface area contributed by atoms with E-state index in [2.05, 4.69) is 24.9 Å². The molecule has 2 rings (SSSR count). The minimum Gasteiger partial charge on any atom is -0.399 e. The molecular formula is C16H18Cl2N2. The molecule has 0 heterocycles. The third-order valence-electron chi connectivity index (χ3n) is 3.47. The summed E-state index contributed by atoms with van der Waals surface area (Å²) in [6.45, 7) is 2.96. The van der Waals surface area contributed by atoms with Crippen LogP contribution in [-0.4, -0.2) is 11.9 Å². The second kappa shape index (κ2) is 6.49. The van der Waals surface area contributed by atoms with E-state index in [9.17, 15) is 0 Å². The van der Waals surface area contributed by atoms with Crippen molar-refractivity contribution in [2.75, 3.05) is 12.8 Å². The molecule has 0 radical (unpaired) electrons. The number of nitrogens with zero attached hydrogens (tertiary/aromatic N) is 1. The summed E-state index contributed by atoms with van der Waals surface area (Å²) >= 11 is 12.0. The molecule has 0 spiro atoms. The largest absolute Gasteiger partial charge is 0.399 e.